The minimum absolute atomic E-state index is 0.168. The lowest BCUT2D eigenvalue weighted by Crippen LogP contribution is -2.03. The minimum Gasteiger partial charge on any atom is -0.497 e. The van der Waals surface area contributed by atoms with Crippen LogP contribution < -0.4 is 4.74 Å². The van der Waals surface area contributed by atoms with Gasteiger partial charge < -0.3 is 13.7 Å². The van der Waals surface area contributed by atoms with E-state index in [-0.39, 0.29) is 16.5 Å². The molecule has 8 heteroatoms. The van der Waals surface area contributed by atoms with E-state index in [0.29, 0.717) is 23.1 Å². The van der Waals surface area contributed by atoms with Crippen LogP contribution in [0.2, 0.25) is 0 Å². The summed E-state index contributed by atoms with van der Waals surface area (Å²) in [5.41, 5.74) is 0.729. The molecule has 0 aliphatic heterocycles. The number of hydrogen-bond acceptors (Lipinski definition) is 7. The number of benzene rings is 2. The zero-order chi connectivity index (χ0) is 19.6. The van der Waals surface area contributed by atoms with Crippen molar-refractivity contribution in [3.63, 3.8) is 0 Å². The molecule has 0 saturated carbocycles. The molecule has 0 spiro atoms. The van der Waals surface area contributed by atoms with Crippen molar-refractivity contribution in [2.24, 2.45) is 0 Å². The van der Waals surface area contributed by atoms with E-state index >= 15 is 0 Å². The molecule has 0 saturated heterocycles. The van der Waals surface area contributed by atoms with E-state index in [0.717, 1.165) is 5.56 Å². The van der Waals surface area contributed by atoms with Gasteiger partial charge in [-0.25, -0.2) is 8.42 Å². The van der Waals surface area contributed by atoms with Gasteiger partial charge in [0.05, 0.1) is 12.0 Å². The fourth-order valence-corrected chi connectivity index (χ4v) is 3.94. The molecule has 2 heterocycles. The predicted octanol–water partition coefficient (Wildman–Crippen LogP) is 3.98. The van der Waals surface area contributed by atoms with Gasteiger partial charge in [-0.05, 0) is 36.4 Å². The van der Waals surface area contributed by atoms with Crippen molar-refractivity contribution in [2.75, 3.05) is 7.11 Å². The molecule has 7 nitrogen and oxygen atoms in total. The van der Waals surface area contributed by atoms with Crippen molar-refractivity contribution < 1.29 is 22.1 Å². The Morgan fingerprint density at radius 3 is 2.61 bits per heavy atom. The van der Waals surface area contributed by atoms with Gasteiger partial charge in [-0.1, -0.05) is 35.5 Å². The normalized spacial score (nSPS) is 11.5. The molecule has 2 aromatic carbocycles. The molecule has 0 amide bonds. The van der Waals surface area contributed by atoms with Crippen molar-refractivity contribution in [1.29, 1.82) is 0 Å². The zero-order valence-electron chi connectivity index (χ0n) is 14.9. The second-order valence-electron chi connectivity index (χ2n) is 5.99. The highest BCUT2D eigenvalue weighted by atomic mass is 32.2. The summed E-state index contributed by atoms with van der Waals surface area (Å²) in [5, 5.41) is 3.95. The summed E-state index contributed by atoms with van der Waals surface area (Å²) in [4.78, 5) is 4.56. The van der Waals surface area contributed by atoms with Gasteiger partial charge in [-0.15, -0.1) is 0 Å². The van der Waals surface area contributed by atoms with E-state index in [1.807, 2.05) is 18.2 Å². The molecule has 142 valence electrons. The quantitative estimate of drug-likeness (QED) is 0.486. The highest BCUT2D eigenvalue weighted by molar-refractivity contribution is 7.90. The van der Waals surface area contributed by atoms with Gasteiger partial charge in [0.2, 0.25) is 5.82 Å². The van der Waals surface area contributed by atoms with Gasteiger partial charge in [0.15, 0.2) is 15.6 Å². The second-order valence-corrected chi connectivity index (χ2v) is 7.98. The van der Waals surface area contributed by atoms with Crippen molar-refractivity contribution >= 4 is 9.84 Å². The number of rotatable bonds is 6. The van der Waals surface area contributed by atoms with E-state index in [1.54, 1.807) is 55.6 Å². The van der Waals surface area contributed by atoms with Crippen LogP contribution in [0.4, 0.5) is 0 Å². The fourth-order valence-electron chi connectivity index (χ4n) is 2.67. The number of ether oxygens (including phenoxy) is 1. The van der Waals surface area contributed by atoms with Crippen LogP contribution in [0, 0.1) is 0 Å². The fraction of sp³-hybridized carbons (Fsp3) is 0.100. The van der Waals surface area contributed by atoms with Gasteiger partial charge in [0, 0.05) is 5.56 Å². The van der Waals surface area contributed by atoms with Crippen LogP contribution in [-0.4, -0.2) is 25.7 Å². The monoisotopic (exact) mass is 396 g/mol. The first-order valence-electron chi connectivity index (χ1n) is 8.40. The summed E-state index contributed by atoms with van der Waals surface area (Å²) < 4.78 is 41.0. The van der Waals surface area contributed by atoms with Crippen LogP contribution in [0.3, 0.4) is 0 Å². The van der Waals surface area contributed by atoms with Crippen molar-refractivity contribution in [3.8, 4) is 28.8 Å². The lowest BCUT2D eigenvalue weighted by molar-refractivity contribution is 0.412. The molecule has 4 rings (SSSR count). The number of hydrogen-bond donors (Lipinski definition) is 0. The Morgan fingerprint density at radius 2 is 1.82 bits per heavy atom. The third kappa shape index (κ3) is 3.67. The smallest absolute Gasteiger partial charge is 0.293 e. The Hall–Kier alpha value is -3.39. The largest absolute Gasteiger partial charge is 0.497 e. The van der Waals surface area contributed by atoms with Gasteiger partial charge in [0.25, 0.3) is 5.89 Å². The van der Waals surface area contributed by atoms with Crippen LogP contribution in [0.5, 0.6) is 5.75 Å². The molecule has 0 N–H and O–H groups in total. The summed E-state index contributed by atoms with van der Waals surface area (Å²) >= 11 is 0. The Kier molecular flexibility index (Phi) is 4.70. The number of sulfone groups is 1. The first kappa shape index (κ1) is 18.0. The molecular formula is C20H16N2O5S. The topological polar surface area (TPSA) is 95.4 Å². The summed E-state index contributed by atoms with van der Waals surface area (Å²) in [6.07, 6.45) is 0. The van der Waals surface area contributed by atoms with Crippen LogP contribution in [0.15, 0.2) is 80.6 Å². The van der Waals surface area contributed by atoms with Crippen molar-refractivity contribution in [2.45, 2.75) is 10.6 Å². The molecule has 0 aliphatic carbocycles. The highest BCUT2D eigenvalue weighted by Gasteiger charge is 2.20. The SMILES string of the molecule is COc1cccc(-c2noc(-c3ccc(CS(=O)(=O)c4ccccc4)o3)n2)c1. The third-order valence-corrected chi connectivity index (χ3v) is 5.72. The van der Waals surface area contributed by atoms with Crippen LogP contribution in [0.25, 0.3) is 23.0 Å². The van der Waals surface area contributed by atoms with Crippen LogP contribution >= 0.6 is 0 Å². The van der Waals surface area contributed by atoms with Crippen LogP contribution in [0.1, 0.15) is 5.76 Å². The van der Waals surface area contributed by atoms with Gasteiger partial charge in [-0.2, -0.15) is 4.98 Å². The standard InChI is InChI=1S/C20H16N2O5S/c1-25-15-7-5-6-14(12-15)19-21-20(27-22-19)18-11-10-16(26-18)13-28(23,24)17-8-3-2-4-9-17/h2-12H,13H2,1H3. The molecule has 0 bridgehead atoms. The zero-order valence-corrected chi connectivity index (χ0v) is 15.7. The summed E-state index contributed by atoms with van der Waals surface area (Å²) in [7, 11) is -1.92. The maximum atomic E-state index is 12.5. The summed E-state index contributed by atoms with van der Waals surface area (Å²) in [5.74, 6) is 1.56. The molecule has 0 radical (unpaired) electrons. The Labute approximate surface area is 161 Å². The van der Waals surface area contributed by atoms with Crippen molar-refractivity contribution in [1.82, 2.24) is 10.1 Å². The molecule has 28 heavy (non-hydrogen) atoms. The van der Waals surface area contributed by atoms with E-state index < -0.39 is 9.84 Å². The molecular weight excluding hydrogens is 380 g/mol. The minimum atomic E-state index is -3.50. The number of furan rings is 1. The first-order chi connectivity index (χ1) is 13.5. The molecule has 2 aromatic heterocycles. The average Bonchev–Trinajstić information content (AvgIpc) is 3.38. The Morgan fingerprint density at radius 1 is 1.00 bits per heavy atom. The Bertz CT molecular complexity index is 1200. The molecule has 0 fully saturated rings. The van der Waals surface area contributed by atoms with Gasteiger partial charge >= 0.3 is 0 Å². The second kappa shape index (κ2) is 7.32. The lowest BCUT2D eigenvalue weighted by Gasteiger charge is -2.01. The van der Waals surface area contributed by atoms with Gasteiger partial charge in [-0.3, -0.25) is 0 Å². The number of aromatic nitrogens is 2. The van der Waals surface area contributed by atoms with E-state index in [2.05, 4.69) is 10.1 Å². The molecule has 0 aliphatic rings. The lowest BCUT2D eigenvalue weighted by atomic mass is 10.2. The van der Waals surface area contributed by atoms with E-state index in [4.69, 9.17) is 13.7 Å². The van der Waals surface area contributed by atoms with Crippen LogP contribution in [-0.2, 0) is 15.6 Å². The third-order valence-electron chi connectivity index (χ3n) is 4.06. The van der Waals surface area contributed by atoms with Crippen molar-refractivity contribution in [3.05, 3.63) is 72.5 Å². The highest BCUT2D eigenvalue weighted by Crippen LogP contribution is 2.27. The average molecular weight is 396 g/mol. The maximum absolute atomic E-state index is 12.5. The molecule has 0 unspecified atom stereocenters. The molecule has 0 atom stereocenters. The summed E-state index contributed by atoms with van der Waals surface area (Å²) in [6, 6.07) is 18.7. The predicted molar refractivity (Wildman–Crippen MR) is 101 cm³/mol. The number of nitrogens with zero attached hydrogens (tertiary/aromatic N) is 2. The number of methoxy groups -OCH3 is 1. The maximum Gasteiger partial charge on any atom is 0.293 e. The Balaban J connectivity index is 1.56. The first-order valence-corrected chi connectivity index (χ1v) is 10.1. The van der Waals surface area contributed by atoms with E-state index in [9.17, 15) is 8.42 Å². The van der Waals surface area contributed by atoms with E-state index in [1.165, 1.54) is 0 Å². The van der Waals surface area contributed by atoms with Gasteiger partial charge in [0.1, 0.15) is 17.3 Å². The summed E-state index contributed by atoms with van der Waals surface area (Å²) in [6.45, 7) is 0. The molecule has 4 aromatic rings.